The minimum Gasteiger partial charge on any atom is -0.507 e. The number of aryl methyl sites for hydroxylation is 3. The minimum atomic E-state index is -0.888. The minimum absolute atomic E-state index is 0.0160. The van der Waals surface area contributed by atoms with Gasteiger partial charge in [0, 0.05) is 10.4 Å². The third kappa shape index (κ3) is 3.76. The summed E-state index contributed by atoms with van der Waals surface area (Å²) in [5.41, 5.74) is 2.76. The van der Waals surface area contributed by atoms with E-state index in [0.717, 1.165) is 16.1 Å². The highest BCUT2D eigenvalue weighted by molar-refractivity contribution is 7.16. The Morgan fingerprint density at radius 3 is 2.29 bits per heavy atom. The maximum absolute atomic E-state index is 13.1. The number of rotatable bonds is 3. The van der Waals surface area contributed by atoms with Crippen molar-refractivity contribution in [2.24, 2.45) is 0 Å². The summed E-state index contributed by atoms with van der Waals surface area (Å²) in [7, 11) is 0. The zero-order chi connectivity index (χ0) is 22.4. The fraction of sp³-hybridized carbons (Fsp3) is 0.174. The number of hydrogen-bond donors (Lipinski definition) is 1. The van der Waals surface area contributed by atoms with Gasteiger partial charge in [-0.2, -0.15) is 0 Å². The predicted octanol–water partition coefficient (Wildman–Crippen LogP) is 6.00. The number of aliphatic hydroxyl groups is 1. The van der Waals surface area contributed by atoms with Crippen LogP contribution >= 0.6 is 34.5 Å². The Balaban J connectivity index is 1.97. The van der Waals surface area contributed by atoms with E-state index in [1.165, 1.54) is 16.2 Å². The summed E-state index contributed by atoms with van der Waals surface area (Å²) in [5.74, 6) is -1.78. The first-order valence-corrected chi connectivity index (χ1v) is 11.0. The van der Waals surface area contributed by atoms with E-state index in [9.17, 15) is 14.7 Å². The number of aliphatic hydroxyl groups excluding tert-OH is 1. The number of benzene rings is 2. The lowest BCUT2D eigenvalue weighted by molar-refractivity contribution is -0.132. The molecule has 0 spiro atoms. The smallest absolute Gasteiger partial charge is 0.301 e. The average molecular weight is 473 g/mol. The molecule has 31 heavy (non-hydrogen) atoms. The second-order valence-corrected chi connectivity index (χ2v) is 9.34. The molecule has 158 valence electrons. The standard InChI is InChI=1S/C23H18Cl2N2O3S/c1-11-4-6-14(7-5-11)20(28)18-19(15-8-9-16(24)17(25)10-15)27(22(30)21(18)29)23-26-12(2)13(3)31-23/h4-10,19,28H,1-3H3/b20-18+/t19-/m0/s1. The van der Waals surface area contributed by atoms with Gasteiger partial charge in [0.2, 0.25) is 0 Å². The van der Waals surface area contributed by atoms with Crippen molar-refractivity contribution < 1.29 is 14.7 Å². The molecule has 1 amide bonds. The van der Waals surface area contributed by atoms with Crippen LogP contribution in [0.4, 0.5) is 5.13 Å². The van der Waals surface area contributed by atoms with Crippen molar-refractivity contribution in [3.63, 3.8) is 0 Å². The van der Waals surface area contributed by atoms with Crippen molar-refractivity contribution in [2.75, 3.05) is 4.90 Å². The van der Waals surface area contributed by atoms with Crippen LogP contribution in [0.2, 0.25) is 10.0 Å². The second-order valence-electron chi connectivity index (χ2n) is 7.35. The number of hydrogen-bond acceptors (Lipinski definition) is 5. The predicted molar refractivity (Wildman–Crippen MR) is 124 cm³/mol. The highest BCUT2D eigenvalue weighted by Crippen LogP contribution is 2.44. The third-order valence-electron chi connectivity index (χ3n) is 5.25. The molecule has 0 unspecified atom stereocenters. The zero-order valence-corrected chi connectivity index (χ0v) is 19.3. The van der Waals surface area contributed by atoms with Gasteiger partial charge in [-0.3, -0.25) is 14.5 Å². The van der Waals surface area contributed by atoms with E-state index in [1.807, 2.05) is 32.9 Å². The number of carbonyl (C=O) groups excluding carboxylic acids is 2. The lowest BCUT2D eigenvalue weighted by atomic mass is 9.95. The highest BCUT2D eigenvalue weighted by atomic mass is 35.5. The SMILES string of the molecule is Cc1ccc(/C(O)=C2\C(=O)C(=O)N(c3nc(C)c(C)s3)[C@H]2c2ccc(Cl)c(Cl)c2)cc1. The molecule has 1 aromatic heterocycles. The molecule has 2 aromatic carbocycles. The molecule has 3 aromatic rings. The number of nitrogens with zero attached hydrogens (tertiary/aromatic N) is 2. The molecule has 0 radical (unpaired) electrons. The summed E-state index contributed by atoms with van der Waals surface area (Å²) in [6.07, 6.45) is 0. The maximum Gasteiger partial charge on any atom is 0.301 e. The Hall–Kier alpha value is -2.67. The number of carbonyl (C=O) groups is 2. The normalized spacial score (nSPS) is 18.1. The van der Waals surface area contributed by atoms with Crippen molar-refractivity contribution >= 4 is 57.1 Å². The first-order chi connectivity index (χ1) is 14.7. The molecule has 1 N–H and O–H groups in total. The highest BCUT2D eigenvalue weighted by Gasteiger charge is 2.48. The van der Waals surface area contributed by atoms with Crippen LogP contribution in [0.3, 0.4) is 0 Å². The van der Waals surface area contributed by atoms with Gasteiger partial charge in [0.15, 0.2) is 5.13 Å². The van der Waals surface area contributed by atoms with E-state index in [2.05, 4.69) is 4.98 Å². The summed E-state index contributed by atoms with van der Waals surface area (Å²) in [6, 6.07) is 11.1. The molecule has 1 atom stereocenters. The molecule has 1 saturated heterocycles. The van der Waals surface area contributed by atoms with Gasteiger partial charge in [-0.15, -0.1) is 11.3 Å². The first kappa shape index (κ1) is 21.6. The fourth-order valence-corrected chi connectivity index (χ4v) is 4.70. The lowest BCUT2D eigenvalue weighted by Gasteiger charge is -2.23. The van der Waals surface area contributed by atoms with E-state index in [4.69, 9.17) is 23.2 Å². The Morgan fingerprint density at radius 1 is 1.03 bits per heavy atom. The fourth-order valence-electron chi connectivity index (χ4n) is 3.45. The number of halogens is 2. The van der Waals surface area contributed by atoms with Gasteiger partial charge in [-0.25, -0.2) is 4.98 Å². The van der Waals surface area contributed by atoms with Crippen LogP contribution in [0, 0.1) is 20.8 Å². The van der Waals surface area contributed by atoms with E-state index < -0.39 is 17.7 Å². The molecule has 5 nitrogen and oxygen atoms in total. The van der Waals surface area contributed by atoms with Crippen molar-refractivity contribution in [2.45, 2.75) is 26.8 Å². The van der Waals surface area contributed by atoms with Crippen LogP contribution in [0.25, 0.3) is 5.76 Å². The Kier molecular flexibility index (Phi) is 5.64. The summed E-state index contributed by atoms with van der Waals surface area (Å²) in [5, 5.41) is 12.1. The van der Waals surface area contributed by atoms with Gasteiger partial charge in [0.25, 0.3) is 5.78 Å². The van der Waals surface area contributed by atoms with Crippen LogP contribution in [0.15, 0.2) is 48.0 Å². The molecule has 0 saturated carbocycles. The molecular weight excluding hydrogens is 455 g/mol. The van der Waals surface area contributed by atoms with Gasteiger partial charge < -0.3 is 5.11 Å². The van der Waals surface area contributed by atoms with Crippen molar-refractivity contribution in [3.05, 3.63) is 85.3 Å². The molecule has 0 aliphatic carbocycles. The van der Waals surface area contributed by atoms with E-state index in [-0.39, 0.29) is 16.4 Å². The molecule has 8 heteroatoms. The quantitative estimate of drug-likeness (QED) is 0.288. The van der Waals surface area contributed by atoms with Crippen LogP contribution in [-0.2, 0) is 9.59 Å². The van der Waals surface area contributed by atoms with Crippen LogP contribution < -0.4 is 4.90 Å². The van der Waals surface area contributed by atoms with Crippen molar-refractivity contribution in [1.29, 1.82) is 0 Å². The summed E-state index contributed by atoms with van der Waals surface area (Å²) >= 11 is 13.6. The number of amides is 1. The Labute approximate surface area is 193 Å². The Morgan fingerprint density at radius 2 is 1.71 bits per heavy atom. The number of Topliss-reactive ketones (excluding diaryl/α,β-unsaturated/α-hetero) is 1. The van der Waals surface area contributed by atoms with Gasteiger partial charge in [0.1, 0.15) is 5.76 Å². The summed E-state index contributed by atoms with van der Waals surface area (Å²) < 4.78 is 0. The molecular formula is C23H18Cl2N2O3S. The van der Waals surface area contributed by atoms with Gasteiger partial charge in [0.05, 0.1) is 27.4 Å². The molecule has 1 fully saturated rings. The van der Waals surface area contributed by atoms with Gasteiger partial charge in [-0.1, -0.05) is 59.1 Å². The van der Waals surface area contributed by atoms with Crippen molar-refractivity contribution in [1.82, 2.24) is 4.98 Å². The van der Waals surface area contributed by atoms with Gasteiger partial charge >= 0.3 is 5.91 Å². The average Bonchev–Trinajstić information content (AvgIpc) is 3.20. The zero-order valence-electron chi connectivity index (χ0n) is 16.9. The number of anilines is 1. The molecule has 1 aliphatic heterocycles. The number of ketones is 1. The number of aromatic nitrogens is 1. The lowest BCUT2D eigenvalue weighted by Crippen LogP contribution is -2.29. The molecule has 2 heterocycles. The van der Waals surface area contributed by atoms with Crippen LogP contribution in [-0.4, -0.2) is 21.8 Å². The molecule has 1 aliphatic rings. The van der Waals surface area contributed by atoms with E-state index >= 15 is 0 Å². The number of thiazole rings is 1. The van der Waals surface area contributed by atoms with Crippen LogP contribution in [0.1, 0.15) is 33.3 Å². The first-order valence-electron chi connectivity index (χ1n) is 9.46. The van der Waals surface area contributed by atoms with E-state index in [0.29, 0.717) is 21.3 Å². The Bertz CT molecular complexity index is 1230. The largest absolute Gasteiger partial charge is 0.507 e. The summed E-state index contributed by atoms with van der Waals surface area (Å²) in [4.78, 5) is 32.9. The second kappa shape index (κ2) is 8.11. The van der Waals surface area contributed by atoms with Crippen molar-refractivity contribution in [3.8, 4) is 0 Å². The van der Waals surface area contributed by atoms with Crippen LogP contribution in [0.5, 0.6) is 0 Å². The molecule has 4 rings (SSSR count). The van der Waals surface area contributed by atoms with Gasteiger partial charge in [-0.05, 0) is 38.5 Å². The molecule has 0 bridgehead atoms. The van der Waals surface area contributed by atoms with E-state index in [1.54, 1.807) is 30.3 Å². The maximum atomic E-state index is 13.1. The summed E-state index contributed by atoms with van der Waals surface area (Å²) in [6.45, 7) is 5.66. The topological polar surface area (TPSA) is 70.5 Å². The monoisotopic (exact) mass is 472 g/mol. The third-order valence-corrected chi connectivity index (χ3v) is 7.06.